The van der Waals surface area contributed by atoms with Crippen LogP contribution in [0.4, 0.5) is 4.79 Å². The Balaban J connectivity index is 2.41. The normalized spacial score (nSPS) is 18.1. The minimum atomic E-state index is -0.305. The van der Waals surface area contributed by atoms with Crippen molar-refractivity contribution in [2.75, 3.05) is 6.67 Å². The largest absolute Gasteiger partial charge is 0.622 e. The molecule has 2 heterocycles. The lowest BCUT2D eigenvalue weighted by atomic mass is 10.2. The van der Waals surface area contributed by atoms with Gasteiger partial charge < -0.3 is 5.21 Å². The fraction of sp³-hybridized carbons (Fsp3) is 0.111. The van der Waals surface area contributed by atoms with Crippen LogP contribution >= 0.6 is 0 Å². The average Bonchev–Trinajstić information content (AvgIpc) is 2.62. The lowest BCUT2D eigenvalue weighted by Gasteiger charge is -2.17. The van der Waals surface area contributed by atoms with Crippen LogP contribution in [0.3, 0.4) is 0 Å². The number of carbonyl (C=O) groups excluding carboxylic acids is 1. The summed E-state index contributed by atoms with van der Waals surface area (Å²) in [6.45, 7) is 0.0190. The molecule has 3 rings (SSSR count). The first kappa shape index (κ1) is 8.10. The van der Waals surface area contributed by atoms with Crippen LogP contribution in [-0.4, -0.2) is 17.6 Å². The summed E-state index contributed by atoms with van der Waals surface area (Å²) < 4.78 is 0.797. The maximum absolute atomic E-state index is 11.6. The van der Waals surface area contributed by atoms with Gasteiger partial charge in [0.25, 0.3) is 0 Å². The standard InChI is InChI=1S/C9H8N4O2/c14-9-11-10-8-6-3-1-2-4-7(6)13(15)5-12(8)9/h1-4,10H,5H2,(H,11,14). The summed E-state index contributed by atoms with van der Waals surface area (Å²) in [5.41, 5.74) is 5.22. The molecule has 0 atom stereocenters. The molecule has 0 saturated carbocycles. The van der Waals surface area contributed by atoms with Crippen molar-refractivity contribution in [3.8, 4) is 0 Å². The van der Waals surface area contributed by atoms with Crippen molar-refractivity contribution in [2.24, 2.45) is 0 Å². The van der Waals surface area contributed by atoms with Gasteiger partial charge in [-0.25, -0.2) is 15.1 Å². The SMILES string of the molecule is O=C1NNC2=c3ccccc3=[N+]([O-])CN12. The molecule has 1 aromatic carbocycles. The molecule has 0 unspecified atom stereocenters. The van der Waals surface area contributed by atoms with E-state index in [4.69, 9.17) is 0 Å². The monoisotopic (exact) mass is 204 g/mol. The van der Waals surface area contributed by atoms with Crippen molar-refractivity contribution in [1.29, 1.82) is 0 Å². The smallest absolute Gasteiger partial charge is 0.346 e. The molecule has 1 saturated heterocycles. The maximum Gasteiger partial charge on any atom is 0.346 e. The molecule has 2 N–H and O–H groups in total. The molecule has 0 bridgehead atoms. The summed E-state index contributed by atoms with van der Waals surface area (Å²) in [6.07, 6.45) is 0. The van der Waals surface area contributed by atoms with Crippen LogP contribution in [0.15, 0.2) is 24.3 Å². The third kappa shape index (κ3) is 0.983. The Morgan fingerprint density at radius 1 is 1.33 bits per heavy atom. The number of hydrazine groups is 1. The fourth-order valence-corrected chi connectivity index (χ4v) is 1.79. The Bertz CT molecular complexity index is 566. The highest BCUT2D eigenvalue weighted by molar-refractivity contribution is 5.85. The van der Waals surface area contributed by atoms with E-state index in [-0.39, 0.29) is 12.7 Å². The lowest BCUT2D eigenvalue weighted by Crippen LogP contribution is -2.50. The molecule has 6 heteroatoms. The number of hydrogen-bond donors (Lipinski definition) is 2. The van der Waals surface area contributed by atoms with Crippen molar-refractivity contribution in [1.82, 2.24) is 20.5 Å². The van der Waals surface area contributed by atoms with Crippen LogP contribution in [0.25, 0.3) is 5.82 Å². The van der Waals surface area contributed by atoms with E-state index in [1.165, 1.54) is 4.90 Å². The van der Waals surface area contributed by atoms with Crippen LogP contribution in [-0.2, 0) is 0 Å². The van der Waals surface area contributed by atoms with E-state index >= 15 is 0 Å². The van der Waals surface area contributed by atoms with Gasteiger partial charge in [-0.1, -0.05) is 12.1 Å². The molecule has 0 spiro atoms. The van der Waals surface area contributed by atoms with Crippen molar-refractivity contribution >= 4 is 11.9 Å². The maximum atomic E-state index is 11.6. The summed E-state index contributed by atoms with van der Waals surface area (Å²) >= 11 is 0. The second kappa shape index (κ2) is 2.63. The van der Waals surface area contributed by atoms with E-state index < -0.39 is 0 Å². The number of benzene rings is 1. The van der Waals surface area contributed by atoms with Crippen LogP contribution < -0.4 is 26.2 Å². The summed E-state index contributed by atoms with van der Waals surface area (Å²) in [5, 5.41) is 12.9. The molecule has 2 aliphatic heterocycles. The zero-order chi connectivity index (χ0) is 10.4. The van der Waals surface area contributed by atoms with Gasteiger partial charge in [0.2, 0.25) is 12.0 Å². The second-order valence-electron chi connectivity index (χ2n) is 3.37. The van der Waals surface area contributed by atoms with Gasteiger partial charge in [0.1, 0.15) is 5.82 Å². The van der Waals surface area contributed by atoms with Gasteiger partial charge in [-0.3, -0.25) is 5.43 Å². The molecule has 15 heavy (non-hydrogen) atoms. The van der Waals surface area contributed by atoms with Crippen LogP contribution in [0.1, 0.15) is 0 Å². The third-order valence-corrected chi connectivity index (χ3v) is 2.50. The summed E-state index contributed by atoms with van der Waals surface area (Å²) in [4.78, 5) is 12.7. The van der Waals surface area contributed by atoms with E-state index in [0.717, 1.165) is 9.96 Å². The van der Waals surface area contributed by atoms with Gasteiger partial charge >= 0.3 is 6.03 Å². The van der Waals surface area contributed by atoms with E-state index in [0.29, 0.717) is 11.2 Å². The first-order valence-electron chi connectivity index (χ1n) is 4.52. The lowest BCUT2D eigenvalue weighted by molar-refractivity contribution is 0.222. The Labute approximate surface area is 84.7 Å². The zero-order valence-electron chi connectivity index (χ0n) is 7.73. The molecule has 6 nitrogen and oxygen atoms in total. The number of urea groups is 1. The molecular formula is C9H8N4O2. The molecule has 0 aromatic heterocycles. The van der Waals surface area contributed by atoms with Crippen molar-refractivity contribution < 1.29 is 4.79 Å². The van der Waals surface area contributed by atoms with Crippen molar-refractivity contribution in [2.45, 2.75) is 0 Å². The number of hydroxylamine groups is 1. The van der Waals surface area contributed by atoms with Crippen molar-refractivity contribution in [3.05, 3.63) is 40.0 Å². The molecule has 1 fully saturated rings. The van der Waals surface area contributed by atoms with Crippen LogP contribution in [0.2, 0.25) is 0 Å². The Hall–Kier alpha value is -2.24. The molecule has 76 valence electrons. The minimum Gasteiger partial charge on any atom is -0.622 e. The van der Waals surface area contributed by atoms with Gasteiger partial charge in [-0.2, -0.15) is 4.74 Å². The van der Waals surface area contributed by atoms with E-state index in [2.05, 4.69) is 10.9 Å². The number of hydrogen-bond acceptors (Lipinski definition) is 3. The fourth-order valence-electron chi connectivity index (χ4n) is 1.79. The topological polar surface area (TPSA) is 70.4 Å². The molecule has 0 radical (unpaired) electrons. The number of fused-ring (bicyclic) bond motifs is 2. The predicted molar refractivity (Wildman–Crippen MR) is 52.1 cm³/mol. The Morgan fingerprint density at radius 2 is 2.13 bits per heavy atom. The highest BCUT2D eigenvalue weighted by Gasteiger charge is 2.31. The van der Waals surface area contributed by atoms with Crippen LogP contribution in [0.5, 0.6) is 0 Å². The number of nitrogens with zero attached hydrogens (tertiary/aromatic N) is 2. The third-order valence-electron chi connectivity index (χ3n) is 2.50. The molecule has 2 aliphatic rings. The number of carbonyl (C=O) groups is 1. The molecule has 1 aromatic rings. The Morgan fingerprint density at radius 3 is 3.00 bits per heavy atom. The number of nitrogens with one attached hydrogen (secondary N) is 2. The van der Waals surface area contributed by atoms with Gasteiger partial charge in [-0.05, 0) is 6.07 Å². The van der Waals surface area contributed by atoms with E-state index in [1.807, 2.05) is 6.07 Å². The Kier molecular flexibility index (Phi) is 1.42. The molecular weight excluding hydrogens is 196 g/mol. The van der Waals surface area contributed by atoms with Gasteiger partial charge in [0.05, 0.1) is 5.22 Å². The quantitative estimate of drug-likeness (QED) is 0.388. The number of rotatable bonds is 0. The van der Waals surface area contributed by atoms with Gasteiger partial charge in [0, 0.05) is 6.07 Å². The summed E-state index contributed by atoms with van der Waals surface area (Å²) in [7, 11) is 0. The first-order valence-corrected chi connectivity index (χ1v) is 4.52. The summed E-state index contributed by atoms with van der Waals surface area (Å²) in [6, 6.07) is 6.85. The minimum absolute atomic E-state index is 0.0190. The highest BCUT2D eigenvalue weighted by Crippen LogP contribution is 2.05. The molecule has 2 amide bonds. The second-order valence-corrected chi connectivity index (χ2v) is 3.37. The molecule has 0 aliphatic carbocycles. The first-order chi connectivity index (χ1) is 7.27. The van der Waals surface area contributed by atoms with Crippen LogP contribution in [0, 0.1) is 5.21 Å². The van der Waals surface area contributed by atoms with E-state index in [1.54, 1.807) is 18.2 Å². The predicted octanol–water partition coefficient (Wildman–Crippen LogP) is -1.76. The highest BCUT2D eigenvalue weighted by atomic mass is 16.5. The van der Waals surface area contributed by atoms with E-state index in [9.17, 15) is 10.0 Å². The summed E-state index contributed by atoms with van der Waals surface area (Å²) in [5.74, 6) is 0.641. The zero-order valence-corrected chi connectivity index (χ0v) is 7.73. The average molecular weight is 204 g/mol. The number of para-hydroxylation sites is 1. The number of amides is 2. The van der Waals surface area contributed by atoms with Gasteiger partial charge in [-0.15, -0.1) is 0 Å². The van der Waals surface area contributed by atoms with Crippen molar-refractivity contribution in [3.63, 3.8) is 0 Å². The van der Waals surface area contributed by atoms with Gasteiger partial charge in [0.15, 0.2) is 0 Å².